The van der Waals surface area contributed by atoms with Gasteiger partial charge in [0.15, 0.2) is 0 Å². The number of phenols is 1. The Kier molecular flexibility index (Phi) is 6.14. The normalized spacial score (nSPS) is 14.5. The number of aryl methyl sites for hydroxylation is 1. The minimum atomic E-state index is -0.0685. The number of carbonyl (C=O) groups excluding carboxylic acids is 1. The van der Waals surface area contributed by atoms with E-state index in [0.29, 0.717) is 30.0 Å². The number of carbonyl (C=O) groups is 1. The number of hydrogen-bond donors (Lipinski definition) is 2. The van der Waals surface area contributed by atoms with E-state index in [9.17, 15) is 9.90 Å². The van der Waals surface area contributed by atoms with Crippen LogP contribution in [0.4, 0.5) is 0 Å². The lowest BCUT2D eigenvalue weighted by Gasteiger charge is -2.39. The lowest BCUT2D eigenvalue weighted by atomic mass is 9.96. The number of benzene rings is 3. The molecule has 0 spiro atoms. The van der Waals surface area contributed by atoms with Crippen LogP contribution < -0.4 is 0 Å². The fourth-order valence-electron chi connectivity index (χ4n) is 4.67. The van der Waals surface area contributed by atoms with Gasteiger partial charge in [0, 0.05) is 31.7 Å². The Morgan fingerprint density at radius 2 is 1.50 bits per heavy atom. The van der Waals surface area contributed by atoms with E-state index < -0.39 is 0 Å². The number of phenolic OH excluding ortho intramolecular Hbond substituents is 1. The highest BCUT2D eigenvalue weighted by Gasteiger charge is 2.29. The van der Waals surface area contributed by atoms with Crippen LogP contribution in [0.25, 0.3) is 11.3 Å². The molecule has 172 valence electrons. The zero-order chi connectivity index (χ0) is 23.5. The van der Waals surface area contributed by atoms with E-state index in [0.717, 1.165) is 18.7 Å². The van der Waals surface area contributed by atoms with Gasteiger partial charge in [-0.05, 0) is 41.8 Å². The van der Waals surface area contributed by atoms with Crippen molar-refractivity contribution in [2.45, 2.75) is 13.0 Å². The molecule has 5 rings (SSSR count). The largest absolute Gasteiger partial charge is 0.507 e. The third-order valence-corrected chi connectivity index (χ3v) is 6.43. The first-order valence-corrected chi connectivity index (χ1v) is 11.6. The third-order valence-electron chi connectivity index (χ3n) is 6.43. The Morgan fingerprint density at radius 3 is 2.09 bits per heavy atom. The van der Waals surface area contributed by atoms with Crippen LogP contribution in [0.15, 0.2) is 84.9 Å². The first-order valence-electron chi connectivity index (χ1n) is 11.6. The van der Waals surface area contributed by atoms with Crippen LogP contribution in [0.1, 0.15) is 33.2 Å². The first kappa shape index (κ1) is 21.9. The maximum absolute atomic E-state index is 13.2. The molecule has 4 aromatic rings. The summed E-state index contributed by atoms with van der Waals surface area (Å²) in [6.07, 6.45) is 0. The Hall–Kier alpha value is -3.90. The van der Waals surface area contributed by atoms with Crippen LogP contribution in [0.2, 0.25) is 0 Å². The van der Waals surface area contributed by atoms with Crippen molar-refractivity contribution in [3.05, 3.63) is 107 Å². The van der Waals surface area contributed by atoms with E-state index in [2.05, 4.69) is 63.6 Å². The van der Waals surface area contributed by atoms with Crippen molar-refractivity contribution in [1.82, 2.24) is 20.0 Å². The summed E-state index contributed by atoms with van der Waals surface area (Å²) in [6.45, 7) is 4.75. The molecule has 0 atom stereocenters. The number of nitrogens with zero attached hydrogens (tertiary/aromatic N) is 3. The van der Waals surface area contributed by atoms with Gasteiger partial charge in [-0.2, -0.15) is 5.10 Å². The molecule has 1 amide bonds. The molecule has 0 aliphatic carbocycles. The quantitative estimate of drug-likeness (QED) is 0.463. The standard InChI is InChI=1S/C28H28N4O2/c1-20-12-13-23(26(33)18-20)24-19-25(30-29-24)28(34)32-16-14-31(15-17-32)27(21-8-4-2-5-9-21)22-10-6-3-7-11-22/h2-13,18-19,27,33H,14-17H2,1H3,(H,29,30). The van der Waals surface area contributed by atoms with Crippen LogP contribution in [0, 0.1) is 6.92 Å². The second-order valence-electron chi connectivity index (χ2n) is 8.74. The lowest BCUT2D eigenvalue weighted by molar-refractivity contribution is 0.0592. The maximum atomic E-state index is 13.2. The molecular weight excluding hydrogens is 424 g/mol. The van der Waals surface area contributed by atoms with E-state index >= 15 is 0 Å². The van der Waals surface area contributed by atoms with Crippen LogP contribution in [-0.2, 0) is 0 Å². The van der Waals surface area contributed by atoms with Crippen molar-refractivity contribution in [3.8, 4) is 17.0 Å². The molecule has 1 saturated heterocycles. The molecule has 6 nitrogen and oxygen atoms in total. The summed E-state index contributed by atoms with van der Waals surface area (Å²) in [6, 6.07) is 28.4. The van der Waals surface area contributed by atoms with Crippen LogP contribution in [-0.4, -0.2) is 57.2 Å². The van der Waals surface area contributed by atoms with Gasteiger partial charge in [-0.3, -0.25) is 14.8 Å². The summed E-state index contributed by atoms with van der Waals surface area (Å²) in [7, 11) is 0. The number of H-pyrrole nitrogens is 1. The van der Waals surface area contributed by atoms with Crippen molar-refractivity contribution < 1.29 is 9.90 Å². The van der Waals surface area contributed by atoms with Crippen molar-refractivity contribution >= 4 is 5.91 Å². The van der Waals surface area contributed by atoms with Crippen LogP contribution in [0.3, 0.4) is 0 Å². The topological polar surface area (TPSA) is 72.5 Å². The summed E-state index contributed by atoms with van der Waals surface area (Å²) in [5.41, 5.74) is 5.09. The van der Waals surface area contributed by atoms with E-state index in [1.165, 1.54) is 11.1 Å². The zero-order valence-corrected chi connectivity index (χ0v) is 19.2. The van der Waals surface area contributed by atoms with Gasteiger partial charge in [0.25, 0.3) is 5.91 Å². The summed E-state index contributed by atoms with van der Waals surface area (Å²) < 4.78 is 0. The van der Waals surface area contributed by atoms with Crippen molar-refractivity contribution in [2.24, 2.45) is 0 Å². The fraction of sp³-hybridized carbons (Fsp3) is 0.214. The van der Waals surface area contributed by atoms with E-state index in [4.69, 9.17) is 0 Å². The van der Waals surface area contributed by atoms with E-state index in [1.807, 2.05) is 36.1 Å². The monoisotopic (exact) mass is 452 g/mol. The Balaban J connectivity index is 1.30. The van der Waals surface area contributed by atoms with Crippen molar-refractivity contribution in [3.63, 3.8) is 0 Å². The second-order valence-corrected chi connectivity index (χ2v) is 8.74. The number of hydrogen-bond acceptors (Lipinski definition) is 4. The molecule has 1 fully saturated rings. The van der Waals surface area contributed by atoms with Gasteiger partial charge in [-0.15, -0.1) is 0 Å². The molecular formula is C28H28N4O2. The number of piperazine rings is 1. The van der Waals surface area contributed by atoms with Crippen molar-refractivity contribution in [1.29, 1.82) is 0 Å². The molecule has 0 saturated carbocycles. The molecule has 1 aliphatic heterocycles. The molecule has 34 heavy (non-hydrogen) atoms. The highest BCUT2D eigenvalue weighted by atomic mass is 16.3. The predicted octanol–water partition coefficient (Wildman–Crippen LogP) is 4.64. The highest BCUT2D eigenvalue weighted by Crippen LogP contribution is 2.31. The van der Waals surface area contributed by atoms with Gasteiger partial charge >= 0.3 is 0 Å². The number of rotatable bonds is 5. The minimum Gasteiger partial charge on any atom is -0.507 e. The van der Waals surface area contributed by atoms with E-state index in [1.54, 1.807) is 12.1 Å². The number of nitrogens with one attached hydrogen (secondary N) is 1. The zero-order valence-electron chi connectivity index (χ0n) is 19.2. The van der Waals surface area contributed by atoms with Gasteiger partial charge in [0.05, 0.1) is 11.7 Å². The van der Waals surface area contributed by atoms with Gasteiger partial charge in [-0.25, -0.2) is 0 Å². The predicted molar refractivity (Wildman–Crippen MR) is 133 cm³/mol. The Morgan fingerprint density at radius 1 is 0.882 bits per heavy atom. The van der Waals surface area contributed by atoms with Gasteiger partial charge in [-0.1, -0.05) is 66.7 Å². The van der Waals surface area contributed by atoms with Crippen LogP contribution >= 0.6 is 0 Å². The third kappa shape index (κ3) is 4.45. The second kappa shape index (κ2) is 9.53. The molecule has 0 unspecified atom stereocenters. The number of aromatic amines is 1. The molecule has 6 heteroatoms. The Bertz CT molecular complexity index is 1220. The van der Waals surface area contributed by atoms with Gasteiger partial charge < -0.3 is 10.0 Å². The van der Waals surface area contributed by atoms with Crippen LogP contribution in [0.5, 0.6) is 5.75 Å². The number of aromatic nitrogens is 2. The summed E-state index contributed by atoms with van der Waals surface area (Å²) in [4.78, 5) is 17.5. The fourth-order valence-corrected chi connectivity index (χ4v) is 4.67. The van der Waals surface area contributed by atoms with E-state index in [-0.39, 0.29) is 17.7 Å². The molecule has 1 aliphatic rings. The molecule has 0 radical (unpaired) electrons. The molecule has 2 N–H and O–H groups in total. The highest BCUT2D eigenvalue weighted by molar-refractivity contribution is 5.93. The Labute approximate surface area is 199 Å². The first-order chi connectivity index (χ1) is 16.6. The summed E-state index contributed by atoms with van der Waals surface area (Å²) in [5, 5.41) is 17.4. The smallest absolute Gasteiger partial charge is 0.271 e. The molecule has 3 aromatic carbocycles. The van der Waals surface area contributed by atoms with Gasteiger partial charge in [0.2, 0.25) is 0 Å². The molecule has 1 aromatic heterocycles. The summed E-state index contributed by atoms with van der Waals surface area (Å²) >= 11 is 0. The average Bonchev–Trinajstić information content (AvgIpc) is 3.35. The molecule has 0 bridgehead atoms. The summed E-state index contributed by atoms with van der Waals surface area (Å²) in [5.74, 6) is 0.0907. The lowest BCUT2D eigenvalue weighted by Crippen LogP contribution is -2.50. The van der Waals surface area contributed by atoms with Crippen molar-refractivity contribution in [2.75, 3.05) is 26.2 Å². The number of amides is 1. The molecule has 2 heterocycles. The maximum Gasteiger partial charge on any atom is 0.271 e. The average molecular weight is 453 g/mol. The minimum absolute atomic E-state index is 0.0685. The SMILES string of the molecule is Cc1ccc(-c2cc(C(=O)N3CCN(C(c4ccccc4)c4ccccc4)CC3)[nH]n2)c(O)c1. The van der Waals surface area contributed by atoms with Gasteiger partial charge in [0.1, 0.15) is 11.4 Å². The number of aromatic hydroxyl groups is 1.